The molecule has 0 radical (unpaired) electrons. The van der Waals surface area contributed by atoms with E-state index in [0.29, 0.717) is 0 Å². The fourth-order valence-electron chi connectivity index (χ4n) is 1.16. The molecule has 0 fully saturated rings. The minimum atomic E-state index is -0.179. The summed E-state index contributed by atoms with van der Waals surface area (Å²) >= 11 is 3.39. The summed E-state index contributed by atoms with van der Waals surface area (Å²) in [6.45, 7) is 5.46. The summed E-state index contributed by atoms with van der Waals surface area (Å²) in [4.78, 5) is 11.1. The summed E-state index contributed by atoms with van der Waals surface area (Å²) in [5, 5.41) is 2.76. The van der Waals surface area contributed by atoms with Crippen LogP contribution in [0, 0.1) is 0 Å². The molecule has 1 rings (SSSR count). The second-order valence-corrected chi connectivity index (χ2v) is 3.76. The Balaban J connectivity index is 2.96. The summed E-state index contributed by atoms with van der Waals surface area (Å²) in [7, 11) is 0. The summed E-state index contributed by atoms with van der Waals surface area (Å²) in [5.74, 6) is -0.179. The summed E-state index contributed by atoms with van der Waals surface area (Å²) < 4.78 is 1.02. The first-order valence-electron chi connectivity index (χ1n) is 4.39. The van der Waals surface area contributed by atoms with Gasteiger partial charge in [0.15, 0.2) is 0 Å². The molecule has 0 unspecified atom stereocenters. The van der Waals surface area contributed by atoms with E-state index in [1.165, 1.54) is 6.08 Å². The van der Waals surface area contributed by atoms with Gasteiger partial charge in [-0.05, 0) is 36.3 Å². The van der Waals surface area contributed by atoms with Gasteiger partial charge in [0, 0.05) is 10.2 Å². The minimum absolute atomic E-state index is 0.179. The standard InChI is InChI=1S/C11H12BrNO/c1-3-8-7-9(12)5-6-10(8)13-11(14)4-2/h4-7H,2-3H2,1H3,(H,13,14). The van der Waals surface area contributed by atoms with Crippen molar-refractivity contribution in [2.45, 2.75) is 13.3 Å². The lowest BCUT2D eigenvalue weighted by molar-refractivity contribution is -0.111. The van der Waals surface area contributed by atoms with E-state index in [0.717, 1.165) is 22.1 Å². The number of carbonyl (C=O) groups is 1. The second-order valence-electron chi connectivity index (χ2n) is 2.85. The third-order valence-corrected chi connectivity index (χ3v) is 2.38. The van der Waals surface area contributed by atoms with Crippen molar-refractivity contribution in [3.63, 3.8) is 0 Å². The minimum Gasteiger partial charge on any atom is -0.322 e. The van der Waals surface area contributed by atoms with Gasteiger partial charge in [-0.2, -0.15) is 0 Å². The maximum Gasteiger partial charge on any atom is 0.247 e. The van der Waals surface area contributed by atoms with Crippen LogP contribution in [0.4, 0.5) is 5.69 Å². The van der Waals surface area contributed by atoms with Gasteiger partial charge in [0.2, 0.25) is 5.91 Å². The molecular weight excluding hydrogens is 242 g/mol. The average Bonchev–Trinajstić information content (AvgIpc) is 2.20. The first kappa shape index (κ1) is 11.0. The number of halogens is 1. The lowest BCUT2D eigenvalue weighted by atomic mass is 10.1. The molecule has 0 bridgehead atoms. The van der Waals surface area contributed by atoms with Gasteiger partial charge in [0.1, 0.15) is 0 Å². The van der Waals surface area contributed by atoms with Crippen molar-refractivity contribution >= 4 is 27.5 Å². The van der Waals surface area contributed by atoms with Crippen LogP contribution in [0.1, 0.15) is 12.5 Å². The monoisotopic (exact) mass is 253 g/mol. The molecule has 1 aromatic rings. The van der Waals surface area contributed by atoms with Crippen LogP contribution >= 0.6 is 15.9 Å². The molecule has 0 saturated carbocycles. The molecule has 1 N–H and O–H groups in total. The number of anilines is 1. The number of benzene rings is 1. The van der Waals surface area contributed by atoms with Crippen molar-refractivity contribution in [3.05, 3.63) is 40.9 Å². The predicted octanol–water partition coefficient (Wildman–Crippen LogP) is 3.14. The maximum absolute atomic E-state index is 11.1. The number of hydrogen-bond donors (Lipinski definition) is 1. The van der Waals surface area contributed by atoms with Crippen LogP contribution in [0.25, 0.3) is 0 Å². The Hall–Kier alpha value is -1.09. The summed E-state index contributed by atoms with van der Waals surface area (Å²) in [6, 6.07) is 5.78. The number of hydrogen-bond acceptors (Lipinski definition) is 1. The van der Waals surface area contributed by atoms with E-state index in [9.17, 15) is 4.79 Å². The van der Waals surface area contributed by atoms with Gasteiger partial charge < -0.3 is 5.32 Å². The molecule has 74 valence electrons. The topological polar surface area (TPSA) is 29.1 Å². The van der Waals surface area contributed by atoms with E-state index in [1.807, 2.05) is 25.1 Å². The van der Waals surface area contributed by atoms with Gasteiger partial charge in [-0.1, -0.05) is 29.4 Å². The molecule has 0 aliphatic heterocycles. The molecule has 14 heavy (non-hydrogen) atoms. The van der Waals surface area contributed by atoms with Gasteiger partial charge in [-0.25, -0.2) is 0 Å². The van der Waals surface area contributed by atoms with Crippen LogP contribution in [-0.4, -0.2) is 5.91 Å². The summed E-state index contributed by atoms with van der Waals surface area (Å²) in [6.07, 6.45) is 2.15. The van der Waals surface area contributed by atoms with Crippen LogP contribution in [0.15, 0.2) is 35.3 Å². The first-order valence-corrected chi connectivity index (χ1v) is 5.18. The zero-order valence-electron chi connectivity index (χ0n) is 8.01. The quantitative estimate of drug-likeness (QED) is 0.825. The molecule has 0 heterocycles. The van der Waals surface area contributed by atoms with Crippen molar-refractivity contribution in [2.24, 2.45) is 0 Å². The third-order valence-electron chi connectivity index (χ3n) is 1.89. The highest BCUT2D eigenvalue weighted by molar-refractivity contribution is 9.10. The molecule has 0 aromatic heterocycles. The Morgan fingerprint density at radius 3 is 2.93 bits per heavy atom. The molecule has 1 aromatic carbocycles. The Morgan fingerprint density at radius 2 is 2.36 bits per heavy atom. The largest absolute Gasteiger partial charge is 0.322 e. The molecule has 1 amide bonds. The molecule has 0 aliphatic carbocycles. The van der Waals surface area contributed by atoms with Crippen molar-refractivity contribution in [3.8, 4) is 0 Å². The number of carbonyl (C=O) groups excluding carboxylic acids is 1. The molecule has 0 atom stereocenters. The SMILES string of the molecule is C=CC(=O)Nc1ccc(Br)cc1CC. The molecule has 0 spiro atoms. The van der Waals surface area contributed by atoms with Gasteiger partial charge >= 0.3 is 0 Å². The van der Waals surface area contributed by atoms with E-state index in [-0.39, 0.29) is 5.91 Å². The van der Waals surface area contributed by atoms with Gasteiger partial charge in [0.05, 0.1) is 0 Å². The van der Waals surface area contributed by atoms with Gasteiger partial charge in [-0.3, -0.25) is 4.79 Å². The Kier molecular flexibility index (Phi) is 3.89. The fraction of sp³-hybridized carbons (Fsp3) is 0.182. The van der Waals surface area contributed by atoms with E-state index < -0.39 is 0 Å². The zero-order valence-corrected chi connectivity index (χ0v) is 9.60. The van der Waals surface area contributed by atoms with Crippen LogP contribution in [0.3, 0.4) is 0 Å². The fourth-order valence-corrected chi connectivity index (χ4v) is 1.57. The van der Waals surface area contributed by atoms with Gasteiger partial charge in [0.25, 0.3) is 0 Å². The van der Waals surface area contributed by atoms with Crippen molar-refractivity contribution in [1.82, 2.24) is 0 Å². The lowest BCUT2D eigenvalue weighted by Gasteiger charge is -2.08. The van der Waals surface area contributed by atoms with E-state index in [2.05, 4.69) is 27.8 Å². The second kappa shape index (κ2) is 4.96. The number of nitrogens with one attached hydrogen (secondary N) is 1. The van der Waals surface area contributed by atoms with Crippen LogP contribution < -0.4 is 5.32 Å². The number of rotatable bonds is 3. The number of amides is 1. The van der Waals surface area contributed by atoms with Crippen LogP contribution in [0.2, 0.25) is 0 Å². The highest BCUT2D eigenvalue weighted by Gasteiger charge is 2.03. The maximum atomic E-state index is 11.1. The van der Waals surface area contributed by atoms with Crippen molar-refractivity contribution in [1.29, 1.82) is 0 Å². The average molecular weight is 254 g/mol. The van der Waals surface area contributed by atoms with E-state index in [4.69, 9.17) is 0 Å². The highest BCUT2D eigenvalue weighted by Crippen LogP contribution is 2.21. The Morgan fingerprint density at radius 1 is 1.64 bits per heavy atom. The molecular formula is C11H12BrNO. The van der Waals surface area contributed by atoms with Crippen molar-refractivity contribution < 1.29 is 4.79 Å². The number of aryl methyl sites for hydroxylation is 1. The van der Waals surface area contributed by atoms with Crippen molar-refractivity contribution in [2.75, 3.05) is 5.32 Å². The Labute approximate surface area is 92.1 Å². The highest BCUT2D eigenvalue weighted by atomic mass is 79.9. The lowest BCUT2D eigenvalue weighted by Crippen LogP contribution is -2.09. The van der Waals surface area contributed by atoms with E-state index >= 15 is 0 Å². The van der Waals surface area contributed by atoms with Crippen LogP contribution in [0.5, 0.6) is 0 Å². The zero-order chi connectivity index (χ0) is 10.6. The Bertz CT molecular complexity index is 360. The molecule has 0 aliphatic rings. The first-order chi connectivity index (χ1) is 6.67. The third kappa shape index (κ3) is 2.70. The smallest absolute Gasteiger partial charge is 0.247 e. The predicted molar refractivity (Wildman–Crippen MR) is 62.3 cm³/mol. The summed E-state index contributed by atoms with van der Waals surface area (Å²) in [5.41, 5.74) is 1.95. The van der Waals surface area contributed by atoms with E-state index in [1.54, 1.807) is 0 Å². The molecule has 3 heteroatoms. The molecule has 2 nitrogen and oxygen atoms in total. The van der Waals surface area contributed by atoms with Gasteiger partial charge in [-0.15, -0.1) is 0 Å². The normalized spacial score (nSPS) is 9.57. The molecule has 0 saturated heterocycles. The van der Waals surface area contributed by atoms with Crippen LogP contribution in [-0.2, 0) is 11.2 Å².